The highest BCUT2D eigenvalue weighted by Crippen LogP contribution is 2.39. The lowest BCUT2D eigenvalue weighted by Crippen LogP contribution is -2.51. The minimum absolute atomic E-state index is 0.120. The van der Waals surface area contributed by atoms with E-state index >= 15 is 0 Å². The van der Waals surface area contributed by atoms with Crippen LogP contribution in [0.1, 0.15) is 31.2 Å². The van der Waals surface area contributed by atoms with E-state index in [9.17, 15) is 13.2 Å². The molecule has 1 fully saturated rings. The molecule has 2 aliphatic rings. The fourth-order valence-electron chi connectivity index (χ4n) is 3.99. The SMILES string of the molecule is Cc1ccc(S(=O)(=O)N2C[C@@H](C(=O)NCCSC3CCCC3)Oc3ccc(Cl)cc32)cc1. The summed E-state index contributed by atoms with van der Waals surface area (Å²) in [5.74, 6) is 0.833. The lowest BCUT2D eigenvalue weighted by Gasteiger charge is -2.35. The zero-order valence-corrected chi connectivity index (χ0v) is 20.3. The Kier molecular flexibility index (Phi) is 7.22. The molecule has 32 heavy (non-hydrogen) atoms. The van der Waals surface area contributed by atoms with Crippen molar-refractivity contribution >= 4 is 45.0 Å². The van der Waals surface area contributed by atoms with E-state index in [0.29, 0.717) is 28.3 Å². The summed E-state index contributed by atoms with van der Waals surface area (Å²) < 4.78 is 34.0. The van der Waals surface area contributed by atoms with Gasteiger partial charge in [0.15, 0.2) is 6.10 Å². The Morgan fingerprint density at radius 3 is 2.62 bits per heavy atom. The molecule has 172 valence electrons. The number of rotatable bonds is 7. The third-order valence-corrected chi connectivity index (χ3v) is 9.16. The van der Waals surface area contributed by atoms with E-state index < -0.39 is 16.1 Å². The summed E-state index contributed by atoms with van der Waals surface area (Å²) in [7, 11) is -3.90. The number of benzene rings is 2. The molecule has 1 aliphatic heterocycles. The van der Waals surface area contributed by atoms with Crippen LogP contribution in [0.5, 0.6) is 5.75 Å². The van der Waals surface area contributed by atoms with Crippen LogP contribution in [0.25, 0.3) is 0 Å². The molecule has 9 heteroatoms. The number of nitrogens with zero attached hydrogens (tertiary/aromatic N) is 1. The highest BCUT2D eigenvalue weighted by Gasteiger charge is 2.37. The first-order valence-electron chi connectivity index (χ1n) is 10.8. The van der Waals surface area contributed by atoms with Crippen LogP contribution < -0.4 is 14.4 Å². The zero-order valence-electron chi connectivity index (χ0n) is 17.9. The van der Waals surface area contributed by atoms with Crippen molar-refractivity contribution < 1.29 is 17.9 Å². The first-order chi connectivity index (χ1) is 15.3. The second kappa shape index (κ2) is 9.93. The van der Waals surface area contributed by atoms with Gasteiger partial charge in [-0.2, -0.15) is 11.8 Å². The third-order valence-electron chi connectivity index (χ3n) is 5.75. The smallest absolute Gasteiger partial charge is 0.264 e. The molecule has 6 nitrogen and oxygen atoms in total. The number of aryl methyl sites for hydroxylation is 1. The summed E-state index contributed by atoms with van der Waals surface area (Å²) in [5, 5.41) is 3.98. The first-order valence-corrected chi connectivity index (χ1v) is 13.7. The van der Waals surface area contributed by atoms with E-state index in [4.69, 9.17) is 16.3 Å². The van der Waals surface area contributed by atoms with Crippen LogP contribution in [-0.2, 0) is 14.8 Å². The summed E-state index contributed by atoms with van der Waals surface area (Å²) in [6, 6.07) is 11.4. The number of hydrogen-bond acceptors (Lipinski definition) is 5. The summed E-state index contributed by atoms with van der Waals surface area (Å²) in [6.07, 6.45) is 4.12. The maximum atomic E-state index is 13.4. The highest BCUT2D eigenvalue weighted by atomic mass is 35.5. The Bertz CT molecular complexity index is 1070. The van der Waals surface area contributed by atoms with Gasteiger partial charge in [0.25, 0.3) is 15.9 Å². The molecule has 1 heterocycles. The quantitative estimate of drug-likeness (QED) is 0.577. The normalized spacial score (nSPS) is 18.8. The largest absolute Gasteiger partial charge is 0.476 e. The number of fused-ring (bicyclic) bond motifs is 1. The molecule has 1 atom stereocenters. The van der Waals surface area contributed by atoms with Gasteiger partial charge >= 0.3 is 0 Å². The Hall–Kier alpha value is -1.90. The molecule has 1 N–H and O–H groups in total. The maximum Gasteiger partial charge on any atom is 0.264 e. The topological polar surface area (TPSA) is 75.7 Å². The van der Waals surface area contributed by atoms with Gasteiger partial charge in [0.2, 0.25) is 0 Å². The van der Waals surface area contributed by atoms with Gasteiger partial charge in [-0.25, -0.2) is 8.42 Å². The Labute approximate surface area is 198 Å². The van der Waals surface area contributed by atoms with Crippen molar-refractivity contribution in [2.75, 3.05) is 23.1 Å². The van der Waals surface area contributed by atoms with Crippen molar-refractivity contribution in [1.29, 1.82) is 0 Å². The molecule has 0 aromatic heterocycles. The zero-order chi connectivity index (χ0) is 22.7. The fraction of sp³-hybridized carbons (Fsp3) is 0.435. The van der Waals surface area contributed by atoms with Gasteiger partial charge in [-0.15, -0.1) is 0 Å². The Morgan fingerprint density at radius 2 is 1.91 bits per heavy atom. The third kappa shape index (κ3) is 5.18. The van der Waals surface area contributed by atoms with Gasteiger partial charge in [0.05, 0.1) is 17.1 Å². The summed E-state index contributed by atoms with van der Waals surface area (Å²) in [5.41, 5.74) is 1.29. The number of amides is 1. The molecule has 0 spiro atoms. The molecular formula is C23H27ClN2O4S2. The van der Waals surface area contributed by atoms with E-state index in [0.717, 1.165) is 11.3 Å². The minimum atomic E-state index is -3.90. The molecule has 1 amide bonds. The van der Waals surface area contributed by atoms with Gasteiger partial charge in [0.1, 0.15) is 5.75 Å². The molecule has 0 bridgehead atoms. The van der Waals surface area contributed by atoms with Crippen molar-refractivity contribution in [3.63, 3.8) is 0 Å². The second-order valence-corrected chi connectivity index (χ2v) is 11.8. The molecule has 0 radical (unpaired) electrons. The van der Waals surface area contributed by atoms with Gasteiger partial charge < -0.3 is 10.1 Å². The van der Waals surface area contributed by atoms with Crippen LogP contribution in [0.4, 0.5) is 5.69 Å². The van der Waals surface area contributed by atoms with E-state index in [2.05, 4.69) is 5.32 Å². The lowest BCUT2D eigenvalue weighted by atomic mass is 10.2. The van der Waals surface area contributed by atoms with Crippen molar-refractivity contribution in [3.8, 4) is 5.75 Å². The van der Waals surface area contributed by atoms with Gasteiger partial charge in [0, 0.05) is 22.6 Å². The fourth-order valence-corrected chi connectivity index (χ4v) is 6.85. The lowest BCUT2D eigenvalue weighted by molar-refractivity contribution is -0.127. The minimum Gasteiger partial charge on any atom is -0.476 e. The monoisotopic (exact) mass is 494 g/mol. The van der Waals surface area contributed by atoms with E-state index in [1.807, 2.05) is 18.7 Å². The predicted octanol–water partition coefficient (Wildman–Crippen LogP) is 4.40. The van der Waals surface area contributed by atoms with Gasteiger partial charge in [-0.3, -0.25) is 9.10 Å². The maximum absolute atomic E-state index is 13.4. The molecule has 2 aromatic carbocycles. The molecule has 2 aromatic rings. The van der Waals surface area contributed by atoms with Crippen LogP contribution in [-0.4, -0.2) is 44.5 Å². The van der Waals surface area contributed by atoms with E-state index in [1.54, 1.807) is 42.5 Å². The van der Waals surface area contributed by atoms with Crippen molar-refractivity contribution in [2.24, 2.45) is 0 Å². The molecule has 4 rings (SSSR count). The number of sulfonamides is 1. The van der Waals surface area contributed by atoms with Crippen LogP contribution >= 0.6 is 23.4 Å². The molecular weight excluding hydrogens is 468 g/mol. The van der Waals surface area contributed by atoms with Gasteiger partial charge in [-0.1, -0.05) is 42.1 Å². The van der Waals surface area contributed by atoms with Crippen molar-refractivity contribution in [3.05, 3.63) is 53.1 Å². The van der Waals surface area contributed by atoms with Crippen LogP contribution in [0.15, 0.2) is 47.4 Å². The molecule has 0 saturated heterocycles. The number of anilines is 1. The molecule has 1 saturated carbocycles. The van der Waals surface area contributed by atoms with E-state index in [-0.39, 0.29) is 17.3 Å². The van der Waals surface area contributed by atoms with Crippen LogP contribution in [0, 0.1) is 6.92 Å². The van der Waals surface area contributed by atoms with Crippen molar-refractivity contribution in [2.45, 2.75) is 48.9 Å². The molecule has 0 unspecified atom stereocenters. The Balaban J connectivity index is 1.50. The Morgan fingerprint density at radius 1 is 1.19 bits per heavy atom. The van der Waals surface area contributed by atoms with Crippen molar-refractivity contribution in [1.82, 2.24) is 5.32 Å². The van der Waals surface area contributed by atoms with Crippen LogP contribution in [0.3, 0.4) is 0 Å². The standard InChI is InChI=1S/C23H27ClN2O4S2/c1-16-6-9-19(10-7-16)32(28,29)26-15-22(30-21-11-8-17(24)14-20(21)26)23(27)25-12-13-31-18-4-2-3-5-18/h6-11,14,18,22H,2-5,12-13,15H2,1H3,(H,25,27)/t22-/m0/s1. The predicted molar refractivity (Wildman–Crippen MR) is 129 cm³/mol. The highest BCUT2D eigenvalue weighted by molar-refractivity contribution is 7.99. The summed E-state index contributed by atoms with van der Waals surface area (Å²) in [4.78, 5) is 13.0. The number of carbonyl (C=O) groups excluding carboxylic acids is 1. The number of nitrogens with one attached hydrogen (secondary N) is 1. The van der Waals surface area contributed by atoms with E-state index in [1.165, 1.54) is 30.0 Å². The van der Waals surface area contributed by atoms with Gasteiger partial charge in [-0.05, 0) is 50.1 Å². The van der Waals surface area contributed by atoms with Crippen LogP contribution in [0.2, 0.25) is 5.02 Å². The number of halogens is 1. The second-order valence-electron chi connectivity index (χ2n) is 8.14. The average Bonchev–Trinajstić information content (AvgIpc) is 3.29. The summed E-state index contributed by atoms with van der Waals surface area (Å²) >= 11 is 8.03. The molecule has 1 aliphatic carbocycles. The average molecular weight is 495 g/mol. The summed E-state index contributed by atoms with van der Waals surface area (Å²) in [6.45, 7) is 2.30. The number of thioether (sulfide) groups is 1. The number of carbonyl (C=O) groups is 1. The first kappa shape index (κ1) is 23.3. The number of ether oxygens (including phenoxy) is 1. The number of hydrogen-bond donors (Lipinski definition) is 1.